The van der Waals surface area contributed by atoms with Crippen LogP contribution in [0.2, 0.25) is 0 Å². The Morgan fingerprint density at radius 1 is 1.11 bits per heavy atom. The summed E-state index contributed by atoms with van der Waals surface area (Å²) in [6, 6.07) is 10.5. The van der Waals surface area contributed by atoms with Gasteiger partial charge in [-0.25, -0.2) is 0 Å². The van der Waals surface area contributed by atoms with E-state index in [1.165, 1.54) is 12.1 Å². The fraction of sp³-hybridized carbons (Fsp3) is 0.500. The van der Waals surface area contributed by atoms with Gasteiger partial charge in [0.05, 0.1) is 16.2 Å². The van der Waals surface area contributed by atoms with E-state index in [0.717, 1.165) is 55.8 Å². The Balaban J connectivity index is 1.40. The summed E-state index contributed by atoms with van der Waals surface area (Å²) in [7, 11) is 0. The normalized spacial score (nSPS) is 19.4. The second-order valence-corrected chi connectivity index (χ2v) is 9.77. The van der Waals surface area contributed by atoms with Crippen molar-refractivity contribution in [1.82, 2.24) is 5.32 Å². The van der Waals surface area contributed by atoms with Crippen LogP contribution in [0.4, 0.5) is 11.4 Å². The number of nitro groups is 1. The van der Waals surface area contributed by atoms with Crippen LogP contribution in [0, 0.1) is 16.0 Å². The van der Waals surface area contributed by atoms with E-state index in [9.17, 15) is 14.9 Å². The third-order valence-electron chi connectivity index (χ3n) is 7.58. The Morgan fingerprint density at radius 2 is 1.86 bits per heavy atom. The minimum Gasteiger partial charge on any atom is -0.454 e. The molecule has 1 N–H and O–H groups in total. The van der Waals surface area contributed by atoms with Gasteiger partial charge in [-0.3, -0.25) is 14.9 Å². The number of carbonyl (C=O) groups excluding carboxylic acids is 1. The van der Waals surface area contributed by atoms with Crippen molar-refractivity contribution in [1.29, 1.82) is 0 Å². The maximum absolute atomic E-state index is 13.5. The third kappa shape index (κ3) is 4.77. The fourth-order valence-electron chi connectivity index (χ4n) is 5.25. The monoisotopic (exact) mass is 481 g/mol. The smallest absolute Gasteiger partial charge is 0.270 e. The highest BCUT2D eigenvalue weighted by atomic mass is 16.7. The molecule has 2 aromatic rings. The molecule has 3 heterocycles. The number of non-ortho nitro benzene ring substituents is 1. The van der Waals surface area contributed by atoms with Gasteiger partial charge in [-0.1, -0.05) is 13.0 Å². The van der Waals surface area contributed by atoms with E-state index < -0.39 is 4.92 Å². The lowest BCUT2D eigenvalue weighted by molar-refractivity contribution is -0.384. The molecule has 0 radical (unpaired) electrons. The molecule has 9 nitrogen and oxygen atoms in total. The number of rotatable bonds is 6. The zero-order valence-corrected chi connectivity index (χ0v) is 20.0. The predicted octanol–water partition coefficient (Wildman–Crippen LogP) is 4.04. The minimum atomic E-state index is -0.453. The molecule has 2 fully saturated rings. The van der Waals surface area contributed by atoms with Crippen LogP contribution in [-0.2, 0) is 10.2 Å². The number of nitrogens with one attached hydrogen (secondary N) is 1. The molecule has 1 amide bonds. The largest absolute Gasteiger partial charge is 0.454 e. The highest BCUT2D eigenvalue weighted by Crippen LogP contribution is 2.41. The highest BCUT2D eigenvalue weighted by molar-refractivity contribution is 6.00. The first kappa shape index (κ1) is 23.4. The standard InChI is InChI=1S/C26H31N3O6/c1-18-6-10-28(11-7-18)22-4-3-20(29(31)32)15-21(22)25(30)27-16-26(8-12-33-13-9-26)19-2-5-23-24(14-19)35-17-34-23/h2-5,14-15,18H,6-13,16-17H2,1H3,(H,27,30). The van der Waals surface area contributed by atoms with Gasteiger partial charge in [-0.15, -0.1) is 0 Å². The van der Waals surface area contributed by atoms with Gasteiger partial charge < -0.3 is 24.4 Å². The Labute approximate surface area is 204 Å². The van der Waals surface area contributed by atoms with Crippen LogP contribution in [0.15, 0.2) is 36.4 Å². The summed E-state index contributed by atoms with van der Waals surface area (Å²) in [6.45, 7) is 5.68. The highest BCUT2D eigenvalue weighted by Gasteiger charge is 2.36. The fourth-order valence-corrected chi connectivity index (χ4v) is 5.25. The van der Waals surface area contributed by atoms with Crippen LogP contribution < -0.4 is 19.7 Å². The quantitative estimate of drug-likeness (QED) is 0.491. The molecular weight excluding hydrogens is 450 g/mol. The van der Waals surface area contributed by atoms with Crippen LogP contribution in [0.5, 0.6) is 11.5 Å². The first-order chi connectivity index (χ1) is 16.9. The first-order valence-electron chi connectivity index (χ1n) is 12.2. The van der Waals surface area contributed by atoms with E-state index in [0.29, 0.717) is 37.0 Å². The number of hydrogen-bond donors (Lipinski definition) is 1. The average Bonchev–Trinajstić information content (AvgIpc) is 3.36. The van der Waals surface area contributed by atoms with Gasteiger partial charge >= 0.3 is 0 Å². The van der Waals surface area contributed by atoms with Gasteiger partial charge in [0.15, 0.2) is 11.5 Å². The molecule has 0 spiro atoms. The van der Waals surface area contributed by atoms with E-state index in [-0.39, 0.29) is 23.8 Å². The third-order valence-corrected chi connectivity index (χ3v) is 7.58. The van der Waals surface area contributed by atoms with Crippen molar-refractivity contribution >= 4 is 17.3 Å². The molecule has 3 aliphatic heterocycles. The van der Waals surface area contributed by atoms with Crippen LogP contribution in [0.1, 0.15) is 48.5 Å². The number of hydrogen-bond acceptors (Lipinski definition) is 7. The average molecular weight is 482 g/mol. The molecule has 0 bridgehead atoms. The summed E-state index contributed by atoms with van der Waals surface area (Å²) < 4.78 is 16.7. The van der Waals surface area contributed by atoms with Crippen molar-refractivity contribution in [2.45, 2.75) is 38.0 Å². The van der Waals surface area contributed by atoms with Gasteiger partial charge in [0, 0.05) is 50.4 Å². The molecular formula is C26H31N3O6. The van der Waals surface area contributed by atoms with Gasteiger partial charge in [0.25, 0.3) is 11.6 Å². The van der Waals surface area contributed by atoms with Gasteiger partial charge in [0.1, 0.15) is 0 Å². The van der Waals surface area contributed by atoms with E-state index in [4.69, 9.17) is 14.2 Å². The number of anilines is 1. The van der Waals surface area contributed by atoms with Crippen molar-refractivity contribution < 1.29 is 23.9 Å². The van der Waals surface area contributed by atoms with Crippen LogP contribution >= 0.6 is 0 Å². The van der Waals surface area contributed by atoms with E-state index in [1.807, 2.05) is 18.2 Å². The zero-order chi connectivity index (χ0) is 24.4. The second-order valence-electron chi connectivity index (χ2n) is 9.77. The van der Waals surface area contributed by atoms with Gasteiger partial charge in [0.2, 0.25) is 6.79 Å². The molecule has 0 aromatic heterocycles. The summed E-state index contributed by atoms with van der Waals surface area (Å²) >= 11 is 0. The number of benzene rings is 2. The molecule has 186 valence electrons. The maximum atomic E-state index is 13.5. The lowest BCUT2D eigenvalue weighted by Gasteiger charge is -2.38. The lowest BCUT2D eigenvalue weighted by atomic mass is 9.74. The molecule has 3 aliphatic rings. The molecule has 0 unspecified atom stereocenters. The summed E-state index contributed by atoms with van der Waals surface area (Å²) in [5.41, 5.74) is 1.76. The first-order valence-corrected chi connectivity index (χ1v) is 12.2. The SMILES string of the molecule is CC1CCN(c2ccc([N+](=O)[O-])cc2C(=O)NCC2(c3ccc4c(c3)OCO4)CCOCC2)CC1. The summed E-state index contributed by atoms with van der Waals surface area (Å²) in [5, 5.41) is 14.6. The summed E-state index contributed by atoms with van der Waals surface area (Å²) in [6.07, 6.45) is 3.56. The number of fused-ring (bicyclic) bond motifs is 1. The second kappa shape index (κ2) is 9.73. The molecule has 0 aliphatic carbocycles. The number of amides is 1. The van der Waals surface area contributed by atoms with Crippen molar-refractivity contribution in [3.8, 4) is 11.5 Å². The van der Waals surface area contributed by atoms with E-state index in [2.05, 4.69) is 17.1 Å². The number of nitrogens with zero attached hydrogens (tertiary/aromatic N) is 2. The molecule has 2 aromatic carbocycles. The summed E-state index contributed by atoms with van der Waals surface area (Å²) in [5.74, 6) is 1.77. The maximum Gasteiger partial charge on any atom is 0.270 e. The Bertz CT molecular complexity index is 1110. The predicted molar refractivity (Wildman–Crippen MR) is 130 cm³/mol. The minimum absolute atomic E-state index is 0.0826. The summed E-state index contributed by atoms with van der Waals surface area (Å²) in [4.78, 5) is 26.7. The molecule has 0 atom stereocenters. The van der Waals surface area contributed by atoms with E-state index >= 15 is 0 Å². The van der Waals surface area contributed by atoms with Crippen molar-refractivity contribution in [3.05, 3.63) is 57.6 Å². The molecule has 35 heavy (non-hydrogen) atoms. The van der Waals surface area contributed by atoms with Crippen molar-refractivity contribution in [2.75, 3.05) is 44.5 Å². The van der Waals surface area contributed by atoms with Gasteiger partial charge in [-0.05, 0) is 55.4 Å². The Hall–Kier alpha value is -3.33. The number of nitro benzene ring substituents is 1. The zero-order valence-electron chi connectivity index (χ0n) is 20.0. The number of ether oxygens (including phenoxy) is 3. The van der Waals surface area contributed by atoms with E-state index in [1.54, 1.807) is 6.07 Å². The van der Waals surface area contributed by atoms with Crippen molar-refractivity contribution in [3.63, 3.8) is 0 Å². The van der Waals surface area contributed by atoms with Crippen molar-refractivity contribution in [2.24, 2.45) is 5.92 Å². The molecule has 9 heteroatoms. The molecule has 0 saturated carbocycles. The molecule has 5 rings (SSSR count). The Morgan fingerprint density at radius 3 is 2.60 bits per heavy atom. The number of carbonyl (C=O) groups is 1. The number of piperidine rings is 1. The van der Waals surface area contributed by atoms with Crippen LogP contribution in [0.3, 0.4) is 0 Å². The molecule has 2 saturated heterocycles. The van der Waals surface area contributed by atoms with Gasteiger partial charge in [-0.2, -0.15) is 0 Å². The topological polar surface area (TPSA) is 103 Å². The Kier molecular flexibility index (Phi) is 6.51. The van der Waals surface area contributed by atoms with Crippen LogP contribution in [0.25, 0.3) is 0 Å². The van der Waals surface area contributed by atoms with Crippen LogP contribution in [-0.4, -0.2) is 50.5 Å². The lowest BCUT2D eigenvalue weighted by Crippen LogP contribution is -2.45.